The minimum atomic E-state index is -0.904. The molecule has 0 bridgehead atoms. The second-order valence-corrected chi connectivity index (χ2v) is 8.90. The standard InChI is InChI=1S/C25H29N3O3/c1-27(2)25(20-11-7-4-8-12-20)15-13-24(14-16-25)22(30)28(23(31)26-24)18-21(29)17-19-9-5-3-6-10-19/h3-12H,13-18H2,1-2H3,(H,26,31). The smallest absolute Gasteiger partial charge is 0.323 e. The Morgan fingerprint density at radius 2 is 1.52 bits per heavy atom. The lowest BCUT2D eigenvalue weighted by Crippen LogP contribution is -2.55. The third-order valence-electron chi connectivity index (χ3n) is 6.92. The number of carbonyl (C=O) groups is 3. The third kappa shape index (κ3) is 3.88. The molecule has 3 amide bonds. The molecule has 162 valence electrons. The first-order chi connectivity index (χ1) is 14.9. The molecule has 1 aliphatic heterocycles. The van der Waals surface area contributed by atoms with Crippen molar-refractivity contribution >= 4 is 17.7 Å². The lowest BCUT2D eigenvalue weighted by atomic mass is 9.68. The zero-order chi connectivity index (χ0) is 22.1. The Morgan fingerprint density at radius 3 is 2.10 bits per heavy atom. The number of hydrogen-bond donors (Lipinski definition) is 1. The number of urea groups is 1. The predicted octanol–water partition coefficient (Wildman–Crippen LogP) is 3.12. The Labute approximate surface area is 183 Å². The summed E-state index contributed by atoms with van der Waals surface area (Å²) in [7, 11) is 4.13. The largest absolute Gasteiger partial charge is 0.325 e. The average molecular weight is 420 g/mol. The van der Waals surface area contributed by atoms with Gasteiger partial charge in [0.15, 0.2) is 5.78 Å². The normalized spacial score (nSPS) is 25.8. The van der Waals surface area contributed by atoms with E-state index in [4.69, 9.17) is 0 Å². The van der Waals surface area contributed by atoms with Gasteiger partial charge in [-0.05, 0) is 50.9 Å². The number of ketones is 1. The van der Waals surface area contributed by atoms with E-state index in [0.717, 1.165) is 23.3 Å². The monoisotopic (exact) mass is 419 g/mol. The van der Waals surface area contributed by atoms with Gasteiger partial charge in [-0.15, -0.1) is 0 Å². The molecule has 0 aromatic heterocycles. The zero-order valence-electron chi connectivity index (χ0n) is 18.1. The molecule has 1 heterocycles. The number of rotatable bonds is 6. The number of hydrogen-bond acceptors (Lipinski definition) is 4. The molecule has 31 heavy (non-hydrogen) atoms. The van der Waals surface area contributed by atoms with Gasteiger partial charge in [-0.1, -0.05) is 60.7 Å². The highest BCUT2D eigenvalue weighted by atomic mass is 16.2. The number of Topliss-reactive ketones (excluding diaryl/α,β-unsaturated/α-hetero) is 1. The van der Waals surface area contributed by atoms with Gasteiger partial charge in [-0.2, -0.15) is 0 Å². The fourth-order valence-corrected chi connectivity index (χ4v) is 5.05. The molecule has 1 N–H and O–H groups in total. The summed E-state index contributed by atoms with van der Waals surface area (Å²) < 4.78 is 0. The molecule has 6 heteroatoms. The molecule has 0 atom stereocenters. The van der Waals surface area contributed by atoms with Gasteiger partial charge in [-0.3, -0.25) is 19.4 Å². The van der Waals surface area contributed by atoms with Crippen molar-refractivity contribution in [2.24, 2.45) is 0 Å². The number of benzene rings is 2. The van der Waals surface area contributed by atoms with Crippen LogP contribution >= 0.6 is 0 Å². The minimum absolute atomic E-state index is 0.144. The highest BCUT2D eigenvalue weighted by molar-refractivity contribution is 6.09. The van der Waals surface area contributed by atoms with E-state index >= 15 is 0 Å². The van der Waals surface area contributed by atoms with Gasteiger partial charge >= 0.3 is 6.03 Å². The summed E-state index contributed by atoms with van der Waals surface area (Å²) in [6, 6.07) is 19.2. The van der Waals surface area contributed by atoms with Crippen LogP contribution in [0, 0.1) is 0 Å². The summed E-state index contributed by atoms with van der Waals surface area (Å²) in [6.45, 7) is -0.182. The molecule has 2 aromatic carbocycles. The second-order valence-electron chi connectivity index (χ2n) is 8.90. The van der Waals surface area contributed by atoms with Gasteiger partial charge in [0.1, 0.15) is 5.54 Å². The SMILES string of the molecule is CN(C)C1(c2ccccc2)CCC2(CC1)NC(=O)N(CC(=O)Cc1ccccc1)C2=O. The molecule has 1 spiro atoms. The lowest BCUT2D eigenvalue weighted by Gasteiger charge is -2.48. The van der Waals surface area contributed by atoms with Crippen LogP contribution < -0.4 is 5.32 Å². The Bertz CT molecular complexity index is 964. The predicted molar refractivity (Wildman–Crippen MR) is 118 cm³/mol. The van der Waals surface area contributed by atoms with E-state index in [1.54, 1.807) is 0 Å². The van der Waals surface area contributed by atoms with E-state index in [9.17, 15) is 14.4 Å². The van der Waals surface area contributed by atoms with Crippen LogP contribution in [-0.4, -0.2) is 53.7 Å². The molecule has 2 aliphatic rings. The fraction of sp³-hybridized carbons (Fsp3) is 0.400. The van der Waals surface area contributed by atoms with E-state index in [-0.39, 0.29) is 30.2 Å². The maximum Gasteiger partial charge on any atom is 0.325 e. The molecule has 6 nitrogen and oxygen atoms in total. The van der Waals surface area contributed by atoms with Crippen molar-refractivity contribution in [2.75, 3.05) is 20.6 Å². The first kappa shape index (κ1) is 21.2. The van der Waals surface area contributed by atoms with Crippen LogP contribution in [0.3, 0.4) is 0 Å². The van der Waals surface area contributed by atoms with Crippen LogP contribution in [0.15, 0.2) is 60.7 Å². The highest BCUT2D eigenvalue weighted by Crippen LogP contribution is 2.46. The Kier molecular flexibility index (Phi) is 5.67. The maximum absolute atomic E-state index is 13.3. The number of amides is 3. The van der Waals surface area contributed by atoms with Crippen LogP contribution in [0.2, 0.25) is 0 Å². The average Bonchev–Trinajstić information content (AvgIpc) is 2.99. The van der Waals surface area contributed by atoms with Crippen molar-refractivity contribution in [1.29, 1.82) is 0 Å². The van der Waals surface area contributed by atoms with Crippen molar-refractivity contribution in [1.82, 2.24) is 15.1 Å². The van der Waals surface area contributed by atoms with Gasteiger partial charge in [-0.25, -0.2) is 4.79 Å². The van der Waals surface area contributed by atoms with Crippen LogP contribution in [0.1, 0.15) is 36.8 Å². The van der Waals surface area contributed by atoms with Crippen LogP contribution in [-0.2, 0) is 21.5 Å². The second kappa shape index (κ2) is 8.27. The molecule has 1 saturated carbocycles. The first-order valence-corrected chi connectivity index (χ1v) is 10.8. The van der Waals surface area contributed by atoms with E-state index in [0.29, 0.717) is 12.8 Å². The van der Waals surface area contributed by atoms with Crippen molar-refractivity contribution in [2.45, 2.75) is 43.2 Å². The summed E-state index contributed by atoms with van der Waals surface area (Å²) >= 11 is 0. The number of nitrogens with one attached hydrogen (secondary N) is 1. The zero-order valence-corrected chi connectivity index (χ0v) is 18.1. The number of nitrogens with zero attached hydrogens (tertiary/aromatic N) is 2. The van der Waals surface area contributed by atoms with Crippen LogP contribution in [0.4, 0.5) is 4.79 Å². The Balaban J connectivity index is 1.47. The molecule has 0 unspecified atom stereocenters. The number of carbonyl (C=O) groups excluding carboxylic acids is 3. The van der Waals surface area contributed by atoms with E-state index in [2.05, 4.69) is 36.4 Å². The highest BCUT2D eigenvalue weighted by Gasteiger charge is 2.55. The van der Waals surface area contributed by atoms with Gasteiger partial charge < -0.3 is 5.32 Å². The van der Waals surface area contributed by atoms with Crippen molar-refractivity contribution in [3.05, 3.63) is 71.8 Å². The molecule has 1 saturated heterocycles. The van der Waals surface area contributed by atoms with Crippen LogP contribution in [0.5, 0.6) is 0 Å². The first-order valence-electron chi connectivity index (χ1n) is 10.8. The number of imide groups is 1. The summed E-state index contributed by atoms with van der Waals surface area (Å²) in [5, 5.41) is 2.93. The van der Waals surface area contributed by atoms with Crippen molar-refractivity contribution < 1.29 is 14.4 Å². The third-order valence-corrected chi connectivity index (χ3v) is 6.92. The molecule has 1 aliphatic carbocycles. The van der Waals surface area contributed by atoms with E-state index in [1.165, 1.54) is 5.56 Å². The summed E-state index contributed by atoms with van der Waals surface area (Å²) in [4.78, 5) is 41.8. The molecular formula is C25H29N3O3. The Morgan fingerprint density at radius 1 is 0.935 bits per heavy atom. The van der Waals surface area contributed by atoms with Gasteiger partial charge in [0, 0.05) is 12.0 Å². The summed E-state index contributed by atoms with van der Waals surface area (Å²) in [6.07, 6.45) is 2.81. The Hall–Kier alpha value is -2.99. The quantitative estimate of drug-likeness (QED) is 0.731. The molecular weight excluding hydrogens is 390 g/mol. The maximum atomic E-state index is 13.3. The van der Waals surface area contributed by atoms with Crippen molar-refractivity contribution in [3.63, 3.8) is 0 Å². The molecule has 0 radical (unpaired) electrons. The van der Waals surface area contributed by atoms with Crippen molar-refractivity contribution in [3.8, 4) is 0 Å². The van der Waals surface area contributed by atoms with E-state index in [1.807, 2.05) is 48.5 Å². The van der Waals surface area contributed by atoms with Crippen LogP contribution in [0.25, 0.3) is 0 Å². The van der Waals surface area contributed by atoms with Gasteiger partial charge in [0.25, 0.3) is 5.91 Å². The lowest BCUT2D eigenvalue weighted by molar-refractivity contribution is -0.136. The molecule has 4 rings (SSSR count). The molecule has 2 fully saturated rings. The topological polar surface area (TPSA) is 69.7 Å². The fourth-order valence-electron chi connectivity index (χ4n) is 5.05. The minimum Gasteiger partial charge on any atom is -0.323 e. The summed E-state index contributed by atoms with van der Waals surface area (Å²) in [5.41, 5.74) is 1.03. The van der Waals surface area contributed by atoms with Gasteiger partial charge in [0.05, 0.1) is 6.54 Å². The van der Waals surface area contributed by atoms with Gasteiger partial charge in [0.2, 0.25) is 0 Å². The summed E-state index contributed by atoms with van der Waals surface area (Å²) in [5.74, 6) is -0.409. The molecule has 2 aromatic rings. The van der Waals surface area contributed by atoms with E-state index < -0.39 is 11.6 Å².